The second-order valence-electron chi connectivity index (χ2n) is 9.49. The smallest absolute Gasteiger partial charge is 0.376 e. The fourth-order valence-electron chi connectivity index (χ4n) is 3.91. The van der Waals surface area contributed by atoms with Crippen molar-refractivity contribution in [3.05, 3.63) is 79.3 Å². The Morgan fingerprint density at radius 1 is 1.00 bits per heavy atom. The maximum absolute atomic E-state index is 13.2. The average Bonchev–Trinajstić information content (AvgIpc) is 3.38. The number of carbonyl (C=O) groups is 2. The maximum atomic E-state index is 13.2. The van der Waals surface area contributed by atoms with E-state index in [1.54, 1.807) is 32.2 Å². The van der Waals surface area contributed by atoms with Gasteiger partial charge >= 0.3 is 18.3 Å². The minimum Gasteiger partial charge on any atom is -0.376 e. The van der Waals surface area contributed by atoms with E-state index in [1.165, 1.54) is 47.4 Å². The molecule has 0 saturated heterocycles. The molecule has 0 fully saturated rings. The highest BCUT2D eigenvalue weighted by molar-refractivity contribution is 6.02. The molecule has 4 aromatic rings. The molecular weight excluding hydrogens is 610 g/mol. The number of hydrogen-bond donors (Lipinski definition) is 2. The lowest BCUT2D eigenvalue weighted by Crippen LogP contribution is -2.38. The van der Waals surface area contributed by atoms with E-state index in [4.69, 9.17) is 0 Å². The topological polar surface area (TPSA) is 118 Å². The molecule has 11 nitrogen and oxygen atoms in total. The average molecular weight is 635 g/mol. The van der Waals surface area contributed by atoms with Crippen LogP contribution in [-0.2, 0) is 27.7 Å². The Balaban J connectivity index is 1.82. The molecule has 4 rings (SSSR count). The highest BCUT2D eigenvalue weighted by atomic mass is 19.4. The molecule has 1 amide bonds. The van der Waals surface area contributed by atoms with E-state index in [9.17, 15) is 35.9 Å². The molecule has 0 atom stereocenters. The molecule has 236 valence electrons. The predicted octanol–water partition coefficient (Wildman–Crippen LogP) is 5.99. The Morgan fingerprint density at radius 2 is 1.69 bits per heavy atom. The van der Waals surface area contributed by atoms with E-state index in [2.05, 4.69) is 37.1 Å². The quantitative estimate of drug-likeness (QED) is 0.137. The fraction of sp³-hybridized carbons (Fsp3) is 0.179. The number of aromatic nitrogens is 4. The number of benzene rings is 2. The number of hydroxylamine groups is 1. The zero-order valence-electron chi connectivity index (χ0n) is 23.7. The largest absolute Gasteiger partial charge is 0.493 e. The third-order valence-corrected chi connectivity index (χ3v) is 6.00. The summed E-state index contributed by atoms with van der Waals surface area (Å²) in [4.78, 5) is 38.8. The van der Waals surface area contributed by atoms with Gasteiger partial charge < -0.3 is 20.4 Å². The van der Waals surface area contributed by atoms with Gasteiger partial charge in [0.2, 0.25) is 5.95 Å². The second-order valence-corrected chi connectivity index (χ2v) is 9.49. The number of alkyl halides is 6. The first-order valence-electron chi connectivity index (χ1n) is 12.7. The lowest BCUT2D eigenvalue weighted by molar-refractivity contribution is -0.201. The second kappa shape index (κ2) is 12.6. The number of nitrogens with zero attached hydrogens (tertiary/aromatic N) is 6. The molecule has 2 aromatic heterocycles. The van der Waals surface area contributed by atoms with Gasteiger partial charge in [0.15, 0.2) is 0 Å². The van der Waals surface area contributed by atoms with Crippen LogP contribution in [-0.4, -0.2) is 51.9 Å². The Kier molecular flexibility index (Phi) is 9.01. The van der Waals surface area contributed by atoms with Gasteiger partial charge in [-0.3, -0.25) is 9.48 Å². The van der Waals surface area contributed by atoms with Crippen molar-refractivity contribution in [2.24, 2.45) is 7.05 Å². The predicted molar refractivity (Wildman–Crippen MR) is 153 cm³/mol. The Morgan fingerprint density at radius 3 is 2.24 bits per heavy atom. The van der Waals surface area contributed by atoms with Gasteiger partial charge in [0.25, 0.3) is 5.91 Å². The Bertz CT molecular complexity index is 1720. The molecule has 2 N–H and O–H groups in total. The molecule has 2 aromatic carbocycles. The van der Waals surface area contributed by atoms with E-state index in [0.717, 1.165) is 12.1 Å². The van der Waals surface area contributed by atoms with Crippen molar-refractivity contribution >= 4 is 46.4 Å². The van der Waals surface area contributed by atoms with Gasteiger partial charge in [-0.05, 0) is 42.0 Å². The van der Waals surface area contributed by atoms with E-state index in [-0.39, 0.29) is 33.8 Å². The van der Waals surface area contributed by atoms with E-state index in [1.807, 2.05) is 0 Å². The molecule has 2 heterocycles. The third-order valence-electron chi connectivity index (χ3n) is 6.00. The van der Waals surface area contributed by atoms with Crippen molar-refractivity contribution in [2.75, 3.05) is 34.7 Å². The van der Waals surface area contributed by atoms with E-state index < -0.39 is 29.8 Å². The molecule has 0 aliphatic rings. The monoisotopic (exact) mass is 634 g/mol. The zero-order chi connectivity index (χ0) is 33.1. The minimum absolute atomic E-state index is 0.0604. The van der Waals surface area contributed by atoms with Gasteiger partial charge in [0.05, 0.1) is 34.5 Å². The van der Waals surface area contributed by atoms with Crippen LogP contribution in [0.25, 0.3) is 11.1 Å². The van der Waals surface area contributed by atoms with Crippen molar-refractivity contribution in [2.45, 2.75) is 12.4 Å². The normalized spacial score (nSPS) is 11.5. The summed E-state index contributed by atoms with van der Waals surface area (Å²) in [5.41, 5.74) is 0.490. The number of halogens is 6. The van der Waals surface area contributed by atoms with E-state index in [0.29, 0.717) is 23.0 Å². The number of amides is 1. The summed E-state index contributed by atoms with van der Waals surface area (Å²) in [7, 11) is 5.00. The minimum atomic E-state index is -5.40. The van der Waals surface area contributed by atoms with Gasteiger partial charge in [-0.15, -0.1) is 5.06 Å². The molecular formula is C28H24F6N8O3. The summed E-state index contributed by atoms with van der Waals surface area (Å²) in [6, 6.07) is 8.11. The molecule has 0 bridgehead atoms. The molecule has 0 spiro atoms. The Hall–Kier alpha value is -5.61. The van der Waals surface area contributed by atoms with Crippen molar-refractivity contribution < 1.29 is 40.8 Å². The van der Waals surface area contributed by atoms with Crippen molar-refractivity contribution in [1.29, 1.82) is 0 Å². The number of aryl methyl sites for hydroxylation is 1. The number of hydrogen-bond acceptors (Lipinski definition) is 9. The molecule has 17 heteroatoms. The van der Waals surface area contributed by atoms with Gasteiger partial charge in [-0.1, -0.05) is 18.7 Å². The Labute approximate surface area is 251 Å². The highest BCUT2D eigenvalue weighted by Gasteiger charge is 2.43. The number of anilines is 6. The van der Waals surface area contributed by atoms with Gasteiger partial charge in [-0.2, -0.15) is 36.4 Å². The van der Waals surface area contributed by atoms with Crippen LogP contribution in [0.4, 0.5) is 60.9 Å². The highest BCUT2D eigenvalue weighted by Crippen LogP contribution is 2.37. The van der Waals surface area contributed by atoms with Gasteiger partial charge in [0.1, 0.15) is 5.82 Å². The van der Waals surface area contributed by atoms with Gasteiger partial charge in [0, 0.05) is 39.1 Å². The van der Waals surface area contributed by atoms with Crippen molar-refractivity contribution in [3.8, 4) is 11.1 Å². The lowest BCUT2D eigenvalue weighted by Gasteiger charge is -2.24. The molecule has 0 saturated carbocycles. The SMILES string of the molecule is C=CC(=O)N(OC(=O)C(F)(F)F)c1ccc(N(C)C)c(Nc2nc(Nc3cnn(C)c3)ncc2-c2ccc(C(F)(F)F)cc2)c1. The standard InChI is InChI=1S/C28H24F6N8O3/c1-5-23(43)42(45-25(44)28(32,33)34)19-10-11-22(40(2)3)21(12-19)38-24-20(16-6-8-17(9-7-16)27(29,30)31)14-35-26(39-24)37-18-13-36-41(4)15-18/h5-15H,1H2,2-4H3,(H2,35,37,38,39). The van der Waals surface area contributed by atoms with Crippen molar-refractivity contribution in [1.82, 2.24) is 19.7 Å². The molecule has 45 heavy (non-hydrogen) atoms. The van der Waals surface area contributed by atoms with Crippen LogP contribution in [0, 0.1) is 0 Å². The summed E-state index contributed by atoms with van der Waals surface area (Å²) < 4.78 is 80.1. The summed E-state index contributed by atoms with van der Waals surface area (Å²) in [6.07, 6.45) is -4.82. The van der Waals surface area contributed by atoms with Crippen LogP contribution >= 0.6 is 0 Å². The van der Waals surface area contributed by atoms with Crippen LogP contribution < -0.4 is 20.6 Å². The molecule has 0 aliphatic heterocycles. The number of carbonyl (C=O) groups excluding carboxylic acids is 2. The van der Waals surface area contributed by atoms with Crippen LogP contribution in [0.2, 0.25) is 0 Å². The number of nitrogens with one attached hydrogen (secondary N) is 2. The van der Waals surface area contributed by atoms with Gasteiger partial charge in [-0.25, -0.2) is 9.78 Å². The molecule has 0 aliphatic carbocycles. The molecule has 0 radical (unpaired) electrons. The first-order chi connectivity index (χ1) is 21.1. The van der Waals surface area contributed by atoms with Crippen molar-refractivity contribution in [3.63, 3.8) is 0 Å². The zero-order valence-corrected chi connectivity index (χ0v) is 23.7. The van der Waals surface area contributed by atoms with Crippen LogP contribution in [0.1, 0.15) is 5.56 Å². The number of rotatable bonds is 8. The van der Waals surface area contributed by atoms with E-state index >= 15 is 0 Å². The summed E-state index contributed by atoms with van der Waals surface area (Å²) >= 11 is 0. The first-order valence-corrected chi connectivity index (χ1v) is 12.7. The fourth-order valence-corrected chi connectivity index (χ4v) is 3.91. The summed E-state index contributed by atoms with van der Waals surface area (Å²) in [5.74, 6) is -3.70. The van der Waals surface area contributed by atoms with Crippen LogP contribution in [0.5, 0.6) is 0 Å². The molecule has 0 unspecified atom stereocenters. The maximum Gasteiger partial charge on any atom is 0.493 e. The first kappa shape index (κ1) is 32.3. The third kappa shape index (κ3) is 7.67. The summed E-state index contributed by atoms with van der Waals surface area (Å²) in [6.45, 7) is 3.24. The van der Waals surface area contributed by atoms with Crippen LogP contribution in [0.15, 0.2) is 73.7 Å². The van der Waals surface area contributed by atoms with Crippen LogP contribution in [0.3, 0.4) is 0 Å². The summed E-state index contributed by atoms with van der Waals surface area (Å²) in [5, 5.41) is 10.2. The lowest BCUT2D eigenvalue weighted by atomic mass is 10.1.